The molecule has 1 rings (SSSR count). The molecule has 1 heterocycles. The molecule has 0 aliphatic heterocycles. The molecule has 0 saturated carbocycles. The number of imide groups is 1. The van der Waals surface area contributed by atoms with E-state index in [9.17, 15) is 9.59 Å². The summed E-state index contributed by atoms with van der Waals surface area (Å²) in [5.41, 5.74) is 0.573. The molecule has 0 atom stereocenters. The molecule has 0 aliphatic carbocycles. The summed E-state index contributed by atoms with van der Waals surface area (Å²) in [6, 6.07) is 0. The van der Waals surface area contributed by atoms with Crippen LogP contribution in [-0.2, 0) is 16.0 Å². The van der Waals surface area contributed by atoms with E-state index in [0.29, 0.717) is 16.6 Å². The zero-order valence-electron chi connectivity index (χ0n) is 5.91. The van der Waals surface area contributed by atoms with Crippen molar-refractivity contribution in [2.24, 2.45) is 0 Å². The molecule has 0 aliphatic rings. The van der Waals surface area contributed by atoms with E-state index >= 15 is 0 Å². The summed E-state index contributed by atoms with van der Waals surface area (Å²) in [5.74, 6) is -0.382. The molecule has 12 heavy (non-hydrogen) atoms. The topological polar surface area (TPSA) is 59.1 Å². The maximum atomic E-state index is 10.8. The number of thiazole rings is 1. The van der Waals surface area contributed by atoms with Crippen LogP contribution in [0.15, 0.2) is 5.38 Å². The molecule has 1 aromatic rings. The summed E-state index contributed by atoms with van der Waals surface area (Å²) in [5, 5.41) is 3.68. The van der Waals surface area contributed by atoms with Gasteiger partial charge in [0.15, 0.2) is 4.47 Å². The number of rotatable bonds is 3. The van der Waals surface area contributed by atoms with Crippen LogP contribution < -0.4 is 5.32 Å². The Balaban J connectivity index is 2.52. The number of amides is 2. The van der Waals surface area contributed by atoms with E-state index < -0.39 is 0 Å². The lowest BCUT2D eigenvalue weighted by atomic mass is 10.3. The molecular formula is C6H5ClN2O2S. The third-order valence-corrected chi connectivity index (χ3v) is 2.11. The summed E-state index contributed by atoms with van der Waals surface area (Å²) in [6.45, 7) is 0. The smallest absolute Gasteiger partial charge is 0.232 e. The van der Waals surface area contributed by atoms with Gasteiger partial charge in [-0.15, -0.1) is 11.3 Å². The predicted octanol–water partition coefficient (Wildman–Crippen LogP) is 0.612. The summed E-state index contributed by atoms with van der Waals surface area (Å²) < 4.78 is 0.393. The quantitative estimate of drug-likeness (QED) is 0.734. The van der Waals surface area contributed by atoms with E-state index in [4.69, 9.17) is 11.6 Å². The second-order valence-corrected chi connectivity index (χ2v) is 3.39. The Morgan fingerprint density at radius 2 is 2.58 bits per heavy atom. The van der Waals surface area contributed by atoms with Gasteiger partial charge in [0.25, 0.3) is 0 Å². The number of hydrogen-bond acceptors (Lipinski definition) is 4. The van der Waals surface area contributed by atoms with Crippen LogP contribution in [0.1, 0.15) is 5.69 Å². The number of carbonyl (C=O) groups excluding carboxylic acids is 2. The van der Waals surface area contributed by atoms with Crippen LogP contribution in [-0.4, -0.2) is 17.3 Å². The molecule has 4 nitrogen and oxygen atoms in total. The van der Waals surface area contributed by atoms with Crippen molar-refractivity contribution in [2.75, 3.05) is 0 Å². The summed E-state index contributed by atoms with van der Waals surface area (Å²) in [7, 11) is 0. The lowest BCUT2D eigenvalue weighted by molar-refractivity contribution is -0.124. The molecule has 0 unspecified atom stereocenters. The number of hydrogen-bond donors (Lipinski definition) is 1. The first-order valence-electron chi connectivity index (χ1n) is 3.05. The fourth-order valence-corrected chi connectivity index (χ4v) is 1.43. The van der Waals surface area contributed by atoms with Crippen LogP contribution in [0.2, 0.25) is 4.47 Å². The number of carbonyl (C=O) groups is 2. The number of halogens is 1. The lowest BCUT2D eigenvalue weighted by Gasteiger charge is -1.92. The highest BCUT2D eigenvalue weighted by Gasteiger charge is 2.05. The summed E-state index contributed by atoms with van der Waals surface area (Å²) in [4.78, 5) is 24.5. The van der Waals surface area contributed by atoms with Gasteiger partial charge in [-0.3, -0.25) is 14.9 Å². The molecule has 1 aromatic heterocycles. The molecule has 0 spiro atoms. The maximum Gasteiger partial charge on any atom is 0.232 e. The Bertz CT molecular complexity index is 299. The molecule has 2 amide bonds. The average Bonchev–Trinajstić information content (AvgIpc) is 2.36. The van der Waals surface area contributed by atoms with Gasteiger partial charge in [-0.25, -0.2) is 4.98 Å². The number of nitrogens with zero attached hydrogens (tertiary/aromatic N) is 1. The average molecular weight is 205 g/mol. The molecule has 64 valence electrons. The first kappa shape index (κ1) is 9.15. The second kappa shape index (κ2) is 4.18. The van der Waals surface area contributed by atoms with Crippen molar-refractivity contribution < 1.29 is 9.59 Å². The standard InChI is InChI=1S/C6H5ClN2O2S/c7-6-9-4(2-12-6)1-5(11)8-3-10/h2-3H,1H2,(H,8,10,11). The highest BCUT2D eigenvalue weighted by Crippen LogP contribution is 2.14. The summed E-state index contributed by atoms with van der Waals surface area (Å²) >= 11 is 6.78. The van der Waals surface area contributed by atoms with Gasteiger partial charge in [0.05, 0.1) is 12.1 Å². The van der Waals surface area contributed by atoms with Crippen LogP contribution in [0.25, 0.3) is 0 Å². The molecule has 0 fully saturated rings. The lowest BCUT2D eigenvalue weighted by Crippen LogP contribution is -2.23. The fraction of sp³-hybridized carbons (Fsp3) is 0.167. The SMILES string of the molecule is O=CNC(=O)Cc1csc(Cl)n1. The first-order chi connectivity index (χ1) is 5.72. The van der Waals surface area contributed by atoms with Crippen molar-refractivity contribution in [3.63, 3.8) is 0 Å². The van der Waals surface area contributed by atoms with Gasteiger partial charge >= 0.3 is 0 Å². The zero-order chi connectivity index (χ0) is 8.97. The Kier molecular flexibility index (Phi) is 3.19. The van der Waals surface area contributed by atoms with Gasteiger partial charge in [-0.2, -0.15) is 0 Å². The molecule has 6 heteroatoms. The van der Waals surface area contributed by atoms with Crippen LogP contribution in [0, 0.1) is 0 Å². The van der Waals surface area contributed by atoms with Crippen molar-refractivity contribution in [1.82, 2.24) is 10.3 Å². The zero-order valence-corrected chi connectivity index (χ0v) is 7.48. The maximum absolute atomic E-state index is 10.8. The van der Waals surface area contributed by atoms with Crippen LogP contribution >= 0.6 is 22.9 Å². The fourth-order valence-electron chi connectivity index (χ4n) is 0.645. The van der Waals surface area contributed by atoms with Gasteiger partial charge in [0.1, 0.15) is 0 Å². The van der Waals surface area contributed by atoms with Gasteiger partial charge in [0, 0.05) is 5.38 Å². The minimum Gasteiger partial charge on any atom is -0.299 e. The number of aromatic nitrogens is 1. The molecule has 1 N–H and O–H groups in total. The number of nitrogens with one attached hydrogen (secondary N) is 1. The van der Waals surface area contributed by atoms with Crippen LogP contribution in [0.5, 0.6) is 0 Å². The van der Waals surface area contributed by atoms with Crippen molar-refractivity contribution >= 4 is 35.3 Å². The molecule has 0 saturated heterocycles. The highest BCUT2D eigenvalue weighted by atomic mass is 35.5. The van der Waals surface area contributed by atoms with Crippen molar-refractivity contribution in [3.8, 4) is 0 Å². The van der Waals surface area contributed by atoms with Gasteiger partial charge < -0.3 is 0 Å². The van der Waals surface area contributed by atoms with Gasteiger partial charge in [0.2, 0.25) is 12.3 Å². The normalized spacial score (nSPS) is 9.42. The largest absolute Gasteiger partial charge is 0.299 e. The molecular weight excluding hydrogens is 200 g/mol. The van der Waals surface area contributed by atoms with Crippen molar-refractivity contribution in [2.45, 2.75) is 6.42 Å². The first-order valence-corrected chi connectivity index (χ1v) is 4.31. The van der Waals surface area contributed by atoms with Crippen LogP contribution in [0.3, 0.4) is 0 Å². The summed E-state index contributed by atoms with van der Waals surface area (Å²) in [6.07, 6.45) is 0.429. The Labute approximate surface area is 77.6 Å². The van der Waals surface area contributed by atoms with Crippen molar-refractivity contribution in [3.05, 3.63) is 15.5 Å². The highest BCUT2D eigenvalue weighted by molar-refractivity contribution is 7.13. The van der Waals surface area contributed by atoms with E-state index in [0.717, 1.165) is 0 Å². The Morgan fingerprint density at radius 1 is 1.83 bits per heavy atom. The third-order valence-electron chi connectivity index (χ3n) is 1.09. The Hall–Kier alpha value is -0.940. The Morgan fingerprint density at radius 3 is 3.08 bits per heavy atom. The minimum atomic E-state index is -0.382. The van der Waals surface area contributed by atoms with E-state index in [1.165, 1.54) is 11.3 Å². The third kappa shape index (κ3) is 2.60. The van der Waals surface area contributed by atoms with Gasteiger partial charge in [-0.05, 0) is 0 Å². The van der Waals surface area contributed by atoms with E-state index in [1.807, 2.05) is 5.32 Å². The molecule has 0 aromatic carbocycles. The van der Waals surface area contributed by atoms with Gasteiger partial charge in [-0.1, -0.05) is 11.6 Å². The minimum absolute atomic E-state index is 0.0853. The van der Waals surface area contributed by atoms with Crippen molar-refractivity contribution in [1.29, 1.82) is 0 Å². The molecule has 0 radical (unpaired) electrons. The predicted molar refractivity (Wildman–Crippen MR) is 45.0 cm³/mol. The van der Waals surface area contributed by atoms with E-state index in [-0.39, 0.29) is 12.3 Å². The van der Waals surface area contributed by atoms with Crippen LogP contribution in [0.4, 0.5) is 0 Å². The van der Waals surface area contributed by atoms with E-state index in [2.05, 4.69) is 4.98 Å². The monoisotopic (exact) mass is 204 g/mol. The second-order valence-electron chi connectivity index (χ2n) is 1.95. The molecule has 0 bridgehead atoms. The van der Waals surface area contributed by atoms with E-state index in [1.54, 1.807) is 5.38 Å².